The molecule has 0 spiro atoms. The maximum absolute atomic E-state index is 12.0. The molecule has 0 unspecified atom stereocenters. The lowest BCUT2D eigenvalue weighted by atomic mass is 10.2. The second kappa shape index (κ2) is 6.66. The van der Waals surface area contributed by atoms with Crippen molar-refractivity contribution < 1.29 is 23.5 Å². The first-order valence-electron chi connectivity index (χ1n) is 6.43. The molecule has 2 amide bonds. The van der Waals surface area contributed by atoms with Gasteiger partial charge in [-0.1, -0.05) is 0 Å². The molecule has 0 aliphatic heterocycles. The van der Waals surface area contributed by atoms with E-state index in [1.165, 1.54) is 32.6 Å². The maximum Gasteiger partial charge on any atom is 0.273 e. The average molecular weight is 304 g/mol. The van der Waals surface area contributed by atoms with Crippen LogP contribution in [-0.4, -0.2) is 26.0 Å². The Hall–Kier alpha value is -2.96. The van der Waals surface area contributed by atoms with Gasteiger partial charge in [0, 0.05) is 5.56 Å². The van der Waals surface area contributed by atoms with E-state index in [9.17, 15) is 9.59 Å². The lowest BCUT2D eigenvalue weighted by Crippen LogP contribution is -2.41. The molecular weight excluding hydrogens is 288 g/mol. The van der Waals surface area contributed by atoms with Gasteiger partial charge in [-0.3, -0.25) is 20.4 Å². The molecule has 7 heteroatoms. The number of nitrogens with one attached hydrogen (secondary N) is 2. The fourth-order valence-corrected chi connectivity index (χ4v) is 1.85. The van der Waals surface area contributed by atoms with Gasteiger partial charge in [0.05, 0.1) is 26.0 Å². The van der Waals surface area contributed by atoms with E-state index in [0.717, 1.165) is 0 Å². The van der Waals surface area contributed by atoms with E-state index in [4.69, 9.17) is 13.9 Å². The minimum atomic E-state index is -0.476. The maximum atomic E-state index is 12.0. The number of carbonyl (C=O) groups excluding carboxylic acids is 2. The number of hydrazine groups is 1. The Labute approximate surface area is 127 Å². The molecule has 0 saturated heterocycles. The van der Waals surface area contributed by atoms with Crippen LogP contribution in [-0.2, 0) is 0 Å². The molecule has 0 fully saturated rings. The summed E-state index contributed by atoms with van der Waals surface area (Å²) >= 11 is 0. The number of hydrogen-bond donors (Lipinski definition) is 2. The molecule has 1 heterocycles. The molecule has 0 aliphatic rings. The minimum absolute atomic E-state index is 0.321. The van der Waals surface area contributed by atoms with Crippen LogP contribution in [0.2, 0.25) is 0 Å². The SMILES string of the molecule is COc1ccc(C(=O)NNC(=O)c2ccoc2C)cc1OC. The Morgan fingerprint density at radius 3 is 2.27 bits per heavy atom. The lowest BCUT2D eigenvalue weighted by Gasteiger charge is -2.10. The molecule has 0 aliphatic carbocycles. The van der Waals surface area contributed by atoms with Gasteiger partial charge in [-0.15, -0.1) is 0 Å². The van der Waals surface area contributed by atoms with Gasteiger partial charge in [0.1, 0.15) is 5.76 Å². The summed E-state index contributed by atoms with van der Waals surface area (Å²) in [7, 11) is 2.98. The Bertz CT molecular complexity index is 693. The Morgan fingerprint density at radius 1 is 1.00 bits per heavy atom. The van der Waals surface area contributed by atoms with Crippen molar-refractivity contribution in [2.75, 3.05) is 14.2 Å². The first-order valence-corrected chi connectivity index (χ1v) is 6.43. The molecular formula is C15H16N2O5. The van der Waals surface area contributed by atoms with Crippen LogP contribution in [0.15, 0.2) is 34.9 Å². The number of carbonyl (C=O) groups is 2. The van der Waals surface area contributed by atoms with E-state index >= 15 is 0 Å². The molecule has 2 aromatic rings. The van der Waals surface area contributed by atoms with Gasteiger partial charge in [-0.2, -0.15) is 0 Å². The molecule has 22 heavy (non-hydrogen) atoms. The zero-order chi connectivity index (χ0) is 16.1. The second-order valence-corrected chi connectivity index (χ2v) is 4.37. The van der Waals surface area contributed by atoms with Crippen LogP contribution in [0.4, 0.5) is 0 Å². The number of amides is 2. The highest BCUT2D eigenvalue weighted by Crippen LogP contribution is 2.27. The summed E-state index contributed by atoms with van der Waals surface area (Å²) in [4.78, 5) is 23.9. The Morgan fingerprint density at radius 2 is 1.68 bits per heavy atom. The summed E-state index contributed by atoms with van der Waals surface area (Å²) in [6.07, 6.45) is 1.40. The molecule has 7 nitrogen and oxygen atoms in total. The van der Waals surface area contributed by atoms with Crippen LogP contribution in [0.5, 0.6) is 11.5 Å². The van der Waals surface area contributed by atoms with E-state index in [-0.39, 0.29) is 0 Å². The van der Waals surface area contributed by atoms with Crippen molar-refractivity contribution in [2.45, 2.75) is 6.92 Å². The van der Waals surface area contributed by atoms with Crippen LogP contribution in [0, 0.1) is 6.92 Å². The normalized spacial score (nSPS) is 9.95. The van der Waals surface area contributed by atoms with Crippen molar-refractivity contribution in [3.05, 3.63) is 47.4 Å². The largest absolute Gasteiger partial charge is 0.493 e. The number of ether oxygens (including phenoxy) is 2. The first-order chi connectivity index (χ1) is 10.6. The van der Waals surface area contributed by atoms with Gasteiger partial charge < -0.3 is 13.9 Å². The fraction of sp³-hybridized carbons (Fsp3) is 0.200. The third kappa shape index (κ3) is 3.20. The summed E-state index contributed by atoms with van der Waals surface area (Å²) in [5, 5.41) is 0. The molecule has 1 aromatic heterocycles. The molecule has 0 saturated carbocycles. The smallest absolute Gasteiger partial charge is 0.273 e. The molecule has 116 valence electrons. The predicted molar refractivity (Wildman–Crippen MR) is 77.9 cm³/mol. The van der Waals surface area contributed by atoms with E-state index < -0.39 is 11.8 Å². The van der Waals surface area contributed by atoms with Crippen LogP contribution in [0.3, 0.4) is 0 Å². The Balaban J connectivity index is 2.03. The van der Waals surface area contributed by atoms with Crippen LogP contribution in [0.25, 0.3) is 0 Å². The van der Waals surface area contributed by atoms with Gasteiger partial charge in [-0.05, 0) is 31.2 Å². The first kappa shape index (κ1) is 15.4. The monoisotopic (exact) mass is 304 g/mol. The van der Waals surface area contributed by atoms with Gasteiger partial charge in [0.2, 0.25) is 0 Å². The summed E-state index contributed by atoms with van der Waals surface area (Å²) in [5.74, 6) is 0.470. The van der Waals surface area contributed by atoms with Crippen molar-refractivity contribution in [3.8, 4) is 11.5 Å². The predicted octanol–water partition coefficient (Wildman–Crippen LogP) is 1.68. The van der Waals surface area contributed by atoms with E-state index in [0.29, 0.717) is 28.4 Å². The fourth-order valence-electron chi connectivity index (χ4n) is 1.85. The van der Waals surface area contributed by atoms with Crippen molar-refractivity contribution in [1.29, 1.82) is 0 Å². The number of methoxy groups -OCH3 is 2. The number of furan rings is 1. The van der Waals surface area contributed by atoms with E-state index in [2.05, 4.69) is 10.9 Å². The molecule has 0 radical (unpaired) electrons. The third-order valence-corrected chi connectivity index (χ3v) is 3.04. The summed E-state index contributed by atoms with van der Waals surface area (Å²) in [5.41, 5.74) is 5.32. The van der Waals surface area contributed by atoms with Gasteiger partial charge in [-0.25, -0.2) is 0 Å². The number of rotatable bonds is 4. The topological polar surface area (TPSA) is 89.8 Å². The quantitative estimate of drug-likeness (QED) is 0.839. The average Bonchev–Trinajstić information content (AvgIpc) is 2.97. The highest BCUT2D eigenvalue weighted by molar-refractivity contribution is 5.99. The molecule has 1 aromatic carbocycles. The highest BCUT2D eigenvalue weighted by Gasteiger charge is 2.14. The van der Waals surface area contributed by atoms with Gasteiger partial charge in [0.25, 0.3) is 11.8 Å². The van der Waals surface area contributed by atoms with Crippen molar-refractivity contribution in [1.82, 2.24) is 10.9 Å². The van der Waals surface area contributed by atoms with Gasteiger partial charge >= 0.3 is 0 Å². The number of aryl methyl sites for hydroxylation is 1. The van der Waals surface area contributed by atoms with Crippen molar-refractivity contribution in [3.63, 3.8) is 0 Å². The van der Waals surface area contributed by atoms with Crippen LogP contribution in [0.1, 0.15) is 26.5 Å². The third-order valence-electron chi connectivity index (χ3n) is 3.04. The van der Waals surface area contributed by atoms with E-state index in [1.807, 2.05) is 0 Å². The highest BCUT2D eigenvalue weighted by atomic mass is 16.5. The number of hydrogen-bond acceptors (Lipinski definition) is 5. The van der Waals surface area contributed by atoms with Gasteiger partial charge in [0.15, 0.2) is 11.5 Å². The minimum Gasteiger partial charge on any atom is -0.493 e. The standard InChI is InChI=1S/C15H16N2O5/c1-9-11(6-7-22-9)15(19)17-16-14(18)10-4-5-12(20-2)13(8-10)21-3/h4-8H,1-3H3,(H,16,18)(H,17,19). The molecule has 0 bridgehead atoms. The zero-order valence-electron chi connectivity index (χ0n) is 12.4. The zero-order valence-corrected chi connectivity index (χ0v) is 12.4. The van der Waals surface area contributed by atoms with Crippen molar-refractivity contribution in [2.24, 2.45) is 0 Å². The summed E-state index contributed by atoms with van der Waals surface area (Å²) < 4.78 is 15.2. The molecule has 0 atom stereocenters. The molecule has 2 N–H and O–H groups in total. The van der Waals surface area contributed by atoms with Crippen molar-refractivity contribution >= 4 is 11.8 Å². The van der Waals surface area contributed by atoms with Crippen LogP contribution < -0.4 is 20.3 Å². The summed E-state index contributed by atoms with van der Waals surface area (Å²) in [6.45, 7) is 1.66. The van der Waals surface area contributed by atoms with Crippen LogP contribution >= 0.6 is 0 Å². The summed E-state index contributed by atoms with van der Waals surface area (Å²) in [6, 6.07) is 6.21. The molecule has 2 rings (SSSR count). The Kier molecular flexibility index (Phi) is 4.67. The number of benzene rings is 1. The second-order valence-electron chi connectivity index (χ2n) is 4.37. The lowest BCUT2D eigenvalue weighted by molar-refractivity contribution is 0.0845. The van der Waals surface area contributed by atoms with E-state index in [1.54, 1.807) is 19.1 Å².